The second-order valence-electron chi connectivity index (χ2n) is 10.7. The maximum Gasteiger partial charge on any atom is 0.293 e. The van der Waals surface area contributed by atoms with Gasteiger partial charge in [0.25, 0.3) is 5.88 Å². The first-order valence-electron chi connectivity index (χ1n) is 14.8. The van der Waals surface area contributed by atoms with Gasteiger partial charge in [-0.15, -0.1) is 0 Å². The molecule has 2 heterocycles. The van der Waals surface area contributed by atoms with Crippen molar-refractivity contribution in [1.82, 2.24) is 15.2 Å². The predicted molar refractivity (Wildman–Crippen MR) is 170 cm³/mol. The standard InChI is InChI=1S/C35H35N3O6S/c1-40-32-21-28-17-18-38(24-29(28)22-33(32)41-2)23-25-9-11-26(12-10-25)27-13-15-30(16-14-27)42-19-6-20-43-34-35(37-44-36-34)45(39)31-7-4-3-5-8-31/h3-5,7-16,21-22H,6,17-20,23-24H2,1-2H3. The van der Waals surface area contributed by atoms with E-state index in [1.165, 1.54) is 16.7 Å². The second-order valence-corrected chi connectivity index (χ2v) is 12.1. The zero-order chi connectivity index (χ0) is 31.0. The molecule has 0 bridgehead atoms. The summed E-state index contributed by atoms with van der Waals surface area (Å²) in [5.74, 6) is 2.49. The quantitative estimate of drug-likeness (QED) is 0.139. The molecule has 1 aliphatic rings. The van der Waals surface area contributed by atoms with Crippen LogP contribution < -0.4 is 18.9 Å². The number of hydrogen-bond acceptors (Lipinski definition) is 9. The van der Waals surface area contributed by atoms with Gasteiger partial charge in [-0.2, -0.15) is 0 Å². The molecule has 0 saturated carbocycles. The molecule has 10 heteroatoms. The summed E-state index contributed by atoms with van der Waals surface area (Å²) < 4.78 is 40.1. The predicted octanol–water partition coefficient (Wildman–Crippen LogP) is 6.33. The smallest absolute Gasteiger partial charge is 0.293 e. The Kier molecular flexibility index (Phi) is 9.72. The maximum absolute atomic E-state index is 12.7. The molecule has 45 heavy (non-hydrogen) atoms. The highest BCUT2D eigenvalue weighted by atomic mass is 32.2. The molecule has 1 atom stereocenters. The van der Waals surface area contributed by atoms with Crippen LogP contribution in [0.1, 0.15) is 23.1 Å². The van der Waals surface area contributed by atoms with Crippen LogP contribution in [0, 0.1) is 0 Å². The average Bonchev–Trinajstić information content (AvgIpc) is 3.56. The SMILES string of the molecule is COc1cc2c(cc1OC)CN(Cc1ccc(-c3ccc(OCCCOc4nonc4S(=O)c4ccccc4)cc3)cc1)CC2. The minimum atomic E-state index is -1.53. The molecule has 9 nitrogen and oxygen atoms in total. The summed E-state index contributed by atoms with van der Waals surface area (Å²) in [4.78, 5) is 3.07. The normalized spacial score (nSPS) is 13.6. The van der Waals surface area contributed by atoms with Gasteiger partial charge >= 0.3 is 0 Å². The van der Waals surface area contributed by atoms with Crippen molar-refractivity contribution in [2.24, 2.45) is 0 Å². The van der Waals surface area contributed by atoms with Gasteiger partial charge < -0.3 is 18.9 Å². The monoisotopic (exact) mass is 625 g/mol. The lowest BCUT2D eigenvalue weighted by molar-refractivity contribution is 0.225. The van der Waals surface area contributed by atoms with Crippen molar-refractivity contribution >= 4 is 10.8 Å². The summed E-state index contributed by atoms with van der Waals surface area (Å²) >= 11 is 0. The van der Waals surface area contributed by atoms with Crippen molar-refractivity contribution in [3.63, 3.8) is 0 Å². The van der Waals surface area contributed by atoms with Crippen molar-refractivity contribution in [2.75, 3.05) is 34.0 Å². The summed E-state index contributed by atoms with van der Waals surface area (Å²) in [7, 11) is 1.83. The van der Waals surface area contributed by atoms with Crippen LogP contribution in [0.2, 0.25) is 0 Å². The Bertz CT molecular complexity index is 1730. The molecule has 0 N–H and O–H groups in total. The summed E-state index contributed by atoms with van der Waals surface area (Å²) in [6.07, 6.45) is 1.60. The van der Waals surface area contributed by atoms with Gasteiger partial charge in [0.2, 0.25) is 5.03 Å². The first-order valence-corrected chi connectivity index (χ1v) is 16.0. The first kappa shape index (κ1) is 30.4. The Balaban J connectivity index is 0.958. The number of rotatable bonds is 13. The van der Waals surface area contributed by atoms with Crippen LogP contribution in [0.3, 0.4) is 0 Å². The van der Waals surface area contributed by atoms with E-state index in [0.29, 0.717) is 24.5 Å². The average molecular weight is 626 g/mol. The van der Waals surface area contributed by atoms with E-state index in [0.717, 1.165) is 54.4 Å². The van der Waals surface area contributed by atoms with Crippen molar-refractivity contribution < 1.29 is 27.8 Å². The Hall–Kier alpha value is -4.67. The van der Waals surface area contributed by atoms with E-state index < -0.39 is 10.8 Å². The summed E-state index contributed by atoms with van der Waals surface area (Å²) in [6.45, 7) is 3.57. The highest BCUT2D eigenvalue weighted by molar-refractivity contribution is 7.85. The first-order chi connectivity index (χ1) is 22.1. The fourth-order valence-corrected chi connectivity index (χ4v) is 6.31. The van der Waals surface area contributed by atoms with Crippen LogP contribution in [-0.4, -0.2) is 53.4 Å². The highest BCUT2D eigenvalue weighted by Crippen LogP contribution is 2.34. The van der Waals surface area contributed by atoms with Crippen LogP contribution in [0.4, 0.5) is 0 Å². The third-order valence-electron chi connectivity index (χ3n) is 7.70. The third kappa shape index (κ3) is 7.35. The minimum absolute atomic E-state index is 0.135. The Morgan fingerprint density at radius 1 is 0.800 bits per heavy atom. The topological polar surface area (TPSA) is 96.2 Å². The van der Waals surface area contributed by atoms with E-state index in [9.17, 15) is 4.21 Å². The van der Waals surface area contributed by atoms with Crippen molar-refractivity contribution in [1.29, 1.82) is 0 Å². The number of nitrogens with zero attached hydrogens (tertiary/aromatic N) is 3. The van der Waals surface area contributed by atoms with Crippen LogP contribution in [-0.2, 0) is 30.3 Å². The largest absolute Gasteiger partial charge is 0.493 e. The molecule has 1 unspecified atom stereocenters. The number of aromatic nitrogens is 2. The zero-order valence-corrected chi connectivity index (χ0v) is 26.1. The lowest BCUT2D eigenvalue weighted by atomic mass is 9.98. The molecule has 0 saturated heterocycles. The van der Waals surface area contributed by atoms with Gasteiger partial charge in [0.15, 0.2) is 11.5 Å². The van der Waals surface area contributed by atoms with Gasteiger partial charge in [-0.3, -0.25) is 4.90 Å². The number of benzene rings is 4. The van der Waals surface area contributed by atoms with Gasteiger partial charge in [0, 0.05) is 31.0 Å². The molecule has 0 spiro atoms. The van der Waals surface area contributed by atoms with E-state index in [-0.39, 0.29) is 10.9 Å². The van der Waals surface area contributed by atoms with Crippen LogP contribution in [0.25, 0.3) is 11.1 Å². The van der Waals surface area contributed by atoms with E-state index in [4.69, 9.17) is 23.6 Å². The van der Waals surface area contributed by atoms with E-state index in [1.807, 2.05) is 30.3 Å². The van der Waals surface area contributed by atoms with Gasteiger partial charge in [-0.25, -0.2) is 8.84 Å². The molecule has 0 aliphatic carbocycles. The number of ether oxygens (including phenoxy) is 4. The fraction of sp³-hybridized carbons (Fsp3) is 0.257. The van der Waals surface area contributed by atoms with Gasteiger partial charge in [-0.05, 0) is 80.9 Å². The lowest BCUT2D eigenvalue weighted by Gasteiger charge is -2.29. The molecule has 5 aromatic rings. The Labute approximate surface area is 265 Å². The molecule has 1 aliphatic heterocycles. The van der Waals surface area contributed by atoms with E-state index >= 15 is 0 Å². The van der Waals surface area contributed by atoms with Crippen LogP contribution in [0.15, 0.2) is 106 Å². The van der Waals surface area contributed by atoms with Gasteiger partial charge in [0.05, 0.1) is 27.4 Å². The van der Waals surface area contributed by atoms with Crippen molar-refractivity contribution in [3.8, 4) is 34.3 Å². The fourth-order valence-electron chi connectivity index (χ4n) is 5.33. The maximum atomic E-state index is 12.7. The van der Waals surface area contributed by atoms with E-state index in [2.05, 4.69) is 63.7 Å². The molecule has 0 fully saturated rings. The lowest BCUT2D eigenvalue weighted by Crippen LogP contribution is -2.30. The molecule has 0 amide bonds. The molecule has 1 aromatic heterocycles. The van der Waals surface area contributed by atoms with E-state index in [1.54, 1.807) is 26.4 Å². The summed E-state index contributed by atoms with van der Waals surface area (Å²) in [5, 5.41) is 7.70. The molecule has 6 rings (SSSR count). The van der Waals surface area contributed by atoms with Crippen LogP contribution >= 0.6 is 0 Å². The number of methoxy groups -OCH3 is 2. The number of fused-ring (bicyclic) bond motifs is 1. The Morgan fingerprint density at radius 2 is 1.47 bits per heavy atom. The minimum Gasteiger partial charge on any atom is -0.493 e. The number of hydrogen-bond donors (Lipinski definition) is 0. The Morgan fingerprint density at radius 3 is 2.18 bits per heavy atom. The summed E-state index contributed by atoms with van der Waals surface area (Å²) in [5.41, 5.74) is 6.19. The van der Waals surface area contributed by atoms with Crippen molar-refractivity contribution in [3.05, 3.63) is 108 Å². The molecule has 0 radical (unpaired) electrons. The third-order valence-corrected chi connectivity index (χ3v) is 9.01. The van der Waals surface area contributed by atoms with Crippen LogP contribution in [0.5, 0.6) is 23.1 Å². The molecular formula is C35H35N3O6S. The second kappa shape index (κ2) is 14.4. The summed E-state index contributed by atoms with van der Waals surface area (Å²) in [6, 6.07) is 30.0. The van der Waals surface area contributed by atoms with Gasteiger partial charge in [-0.1, -0.05) is 54.6 Å². The van der Waals surface area contributed by atoms with Gasteiger partial charge in [0.1, 0.15) is 16.5 Å². The molecule has 4 aromatic carbocycles. The zero-order valence-electron chi connectivity index (χ0n) is 25.3. The molecular weight excluding hydrogens is 590 g/mol. The van der Waals surface area contributed by atoms with Crippen molar-refractivity contribution in [2.45, 2.75) is 35.9 Å². The molecule has 232 valence electrons. The highest BCUT2D eigenvalue weighted by Gasteiger charge is 2.21.